The van der Waals surface area contributed by atoms with Gasteiger partial charge in [0.25, 0.3) is 0 Å². The van der Waals surface area contributed by atoms with Crippen molar-refractivity contribution in [1.82, 2.24) is 10.2 Å². The zero-order chi connectivity index (χ0) is 18.8. The van der Waals surface area contributed by atoms with Crippen LogP contribution in [0.3, 0.4) is 0 Å². The average molecular weight is 364 g/mol. The maximum atomic E-state index is 13.1. The van der Waals surface area contributed by atoms with E-state index in [0.717, 1.165) is 41.7 Å². The number of para-hydroxylation sites is 1. The molecule has 27 heavy (non-hydrogen) atoms. The van der Waals surface area contributed by atoms with Crippen molar-refractivity contribution in [2.24, 2.45) is 5.92 Å². The summed E-state index contributed by atoms with van der Waals surface area (Å²) in [7, 11) is 1.62. The number of benzene rings is 2. The summed E-state index contributed by atoms with van der Waals surface area (Å²) in [6.07, 6.45) is 2.67. The number of hydrogen-bond donors (Lipinski definition) is 1. The van der Waals surface area contributed by atoms with Crippen LogP contribution in [0.2, 0.25) is 0 Å². The smallest absolute Gasteiger partial charge is 0.247 e. The molecule has 1 aliphatic heterocycles. The summed E-state index contributed by atoms with van der Waals surface area (Å²) < 4.78 is 5.36. The zero-order valence-electron chi connectivity index (χ0n) is 15.5. The molecule has 5 heteroatoms. The molecule has 140 valence electrons. The van der Waals surface area contributed by atoms with Gasteiger partial charge in [-0.05, 0) is 36.5 Å². The van der Waals surface area contributed by atoms with Crippen LogP contribution < -0.4 is 10.1 Å². The number of nitrogens with one attached hydrogen (secondary N) is 1. The van der Waals surface area contributed by atoms with Gasteiger partial charge in [-0.1, -0.05) is 42.5 Å². The molecule has 1 fully saturated rings. The second kappa shape index (κ2) is 7.43. The van der Waals surface area contributed by atoms with Crippen LogP contribution in [-0.4, -0.2) is 30.4 Å². The second-order valence-corrected chi connectivity index (χ2v) is 7.19. The highest BCUT2D eigenvalue weighted by Gasteiger charge is 2.41. The Bertz CT molecular complexity index is 860. The lowest BCUT2D eigenvalue weighted by molar-refractivity contribution is -0.142. The van der Waals surface area contributed by atoms with E-state index in [9.17, 15) is 9.59 Å². The molecule has 1 aliphatic carbocycles. The lowest BCUT2D eigenvalue weighted by Crippen LogP contribution is -2.47. The number of fused-ring (bicyclic) bond motifs is 1. The molecular formula is C22H24N2O3. The van der Waals surface area contributed by atoms with E-state index < -0.39 is 6.04 Å². The van der Waals surface area contributed by atoms with Crippen molar-refractivity contribution >= 4 is 11.8 Å². The summed E-state index contributed by atoms with van der Waals surface area (Å²) in [4.78, 5) is 27.7. The summed E-state index contributed by atoms with van der Waals surface area (Å²) in [6, 6.07) is 15.0. The number of amides is 2. The minimum Gasteiger partial charge on any atom is -0.496 e. The third kappa shape index (κ3) is 3.54. The molecule has 2 amide bonds. The molecule has 4 rings (SSSR count). The first-order valence-corrected chi connectivity index (χ1v) is 9.47. The Morgan fingerprint density at radius 2 is 1.85 bits per heavy atom. The van der Waals surface area contributed by atoms with Gasteiger partial charge in [-0.25, -0.2) is 0 Å². The van der Waals surface area contributed by atoms with Gasteiger partial charge in [0.1, 0.15) is 11.8 Å². The highest BCUT2D eigenvalue weighted by molar-refractivity contribution is 5.91. The van der Waals surface area contributed by atoms with E-state index in [1.165, 1.54) is 0 Å². The van der Waals surface area contributed by atoms with Crippen LogP contribution >= 0.6 is 0 Å². The molecule has 0 saturated heterocycles. The van der Waals surface area contributed by atoms with Crippen molar-refractivity contribution in [3.8, 4) is 5.75 Å². The number of ether oxygens (including phenoxy) is 1. The summed E-state index contributed by atoms with van der Waals surface area (Å²) in [5.74, 6) is 0.816. The van der Waals surface area contributed by atoms with Crippen LogP contribution in [0.1, 0.15) is 35.6 Å². The molecule has 0 spiro atoms. The summed E-state index contributed by atoms with van der Waals surface area (Å²) >= 11 is 0. The minimum atomic E-state index is -0.558. The summed E-state index contributed by atoms with van der Waals surface area (Å²) in [6.45, 7) is 0.964. The number of hydrogen-bond acceptors (Lipinski definition) is 3. The van der Waals surface area contributed by atoms with Crippen molar-refractivity contribution < 1.29 is 14.3 Å². The highest BCUT2D eigenvalue weighted by atomic mass is 16.5. The van der Waals surface area contributed by atoms with Crippen molar-refractivity contribution in [1.29, 1.82) is 0 Å². The molecule has 2 aliphatic rings. The molecule has 1 unspecified atom stereocenters. The summed E-state index contributed by atoms with van der Waals surface area (Å²) in [5, 5.41) is 3.02. The molecule has 0 bridgehead atoms. The van der Waals surface area contributed by atoms with Crippen LogP contribution in [0, 0.1) is 5.92 Å². The molecule has 1 saturated carbocycles. The van der Waals surface area contributed by atoms with Gasteiger partial charge >= 0.3 is 0 Å². The van der Waals surface area contributed by atoms with Gasteiger partial charge in [0.15, 0.2) is 0 Å². The van der Waals surface area contributed by atoms with Gasteiger partial charge in [0, 0.05) is 24.6 Å². The van der Waals surface area contributed by atoms with Gasteiger partial charge in [-0.3, -0.25) is 9.59 Å². The SMILES string of the molecule is COc1ccccc1CNC(=O)C1c2ccccc2CCN1C(=O)C1CC1. The van der Waals surface area contributed by atoms with E-state index in [4.69, 9.17) is 4.74 Å². The number of carbonyl (C=O) groups excluding carboxylic acids is 2. The molecule has 1 N–H and O–H groups in total. The van der Waals surface area contributed by atoms with Gasteiger partial charge in [-0.2, -0.15) is 0 Å². The van der Waals surface area contributed by atoms with E-state index in [1.54, 1.807) is 12.0 Å². The fraction of sp³-hybridized carbons (Fsp3) is 0.364. The number of nitrogens with zero attached hydrogens (tertiary/aromatic N) is 1. The third-order valence-corrected chi connectivity index (χ3v) is 5.39. The Balaban J connectivity index is 1.57. The van der Waals surface area contributed by atoms with Crippen molar-refractivity contribution in [3.63, 3.8) is 0 Å². The van der Waals surface area contributed by atoms with Crippen LogP contribution in [-0.2, 0) is 22.6 Å². The van der Waals surface area contributed by atoms with E-state index in [1.807, 2.05) is 42.5 Å². The molecule has 0 radical (unpaired) electrons. The van der Waals surface area contributed by atoms with Gasteiger partial charge in [-0.15, -0.1) is 0 Å². The Morgan fingerprint density at radius 1 is 1.11 bits per heavy atom. The molecule has 2 aromatic carbocycles. The van der Waals surface area contributed by atoms with Crippen molar-refractivity contribution in [2.45, 2.75) is 31.8 Å². The Hall–Kier alpha value is -2.82. The largest absolute Gasteiger partial charge is 0.496 e. The molecule has 1 heterocycles. The van der Waals surface area contributed by atoms with Crippen LogP contribution in [0.25, 0.3) is 0 Å². The zero-order valence-corrected chi connectivity index (χ0v) is 15.5. The number of carbonyl (C=O) groups is 2. The highest BCUT2D eigenvalue weighted by Crippen LogP contribution is 2.37. The minimum absolute atomic E-state index is 0.0970. The average Bonchev–Trinajstić information content (AvgIpc) is 3.56. The molecule has 5 nitrogen and oxygen atoms in total. The van der Waals surface area contributed by atoms with Crippen molar-refractivity contribution in [2.75, 3.05) is 13.7 Å². The third-order valence-electron chi connectivity index (χ3n) is 5.39. The molecule has 2 aromatic rings. The van der Waals surface area contributed by atoms with Crippen LogP contribution in [0.15, 0.2) is 48.5 Å². The number of methoxy groups -OCH3 is 1. The Morgan fingerprint density at radius 3 is 2.63 bits per heavy atom. The van der Waals surface area contributed by atoms with Crippen LogP contribution in [0.5, 0.6) is 5.75 Å². The lowest BCUT2D eigenvalue weighted by atomic mass is 9.91. The first-order chi connectivity index (χ1) is 13.2. The topological polar surface area (TPSA) is 58.6 Å². The van der Waals surface area contributed by atoms with Gasteiger partial charge < -0.3 is 15.0 Å². The van der Waals surface area contributed by atoms with Crippen molar-refractivity contribution in [3.05, 3.63) is 65.2 Å². The first-order valence-electron chi connectivity index (χ1n) is 9.47. The molecule has 0 aromatic heterocycles. The van der Waals surface area contributed by atoms with E-state index in [-0.39, 0.29) is 17.7 Å². The second-order valence-electron chi connectivity index (χ2n) is 7.19. The fourth-order valence-electron chi connectivity index (χ4n) is 3.78. The quantitative estimate of drug-likeness (QED) is 0.888. The first kappa shape index (κ1) is 17.6. The molecule has 1 atom stereocenters. The maximum Gasteiger partial charge on any atom is 0.247 e. The van der Waals surface area contributed by atoms with E-state index in [2.05, 4.69) is 11.4 Å². The maximum absolute atomic E-state index is 13.1. The van der Waals surface area contributed by atoms with Gasteiger partial charge in [0.05, 0.1) is 7.11 Å². The normalized spacial score (nSPS) is 18.6. The number of rotatable bonds is 5. The monoisotopic (exact) mass is 364 g/mol. The lowest BCUT2D eigenvalue weighted by Gasteiger charge is -2.36. The predicted molar refractivity (Wildman–Crippen MR) is 102 cm³/mol. The summed E-state index contributed by atoms with van der Waals surface area (Å²) in [5.41, 5.74) is 3.00. The van der Waals surface area contributed by atoms with E-state index >= 15 is 0 Å². The van der Waals surface area contributed by atoms with Gasteiger partial charge in [0.2, 0.25) is 11.8 Å². The Kier molecular flexibility index (Phi) is 4.84. The van der Waals surface area contributed by atoms with Crippen LogP contribution in [0.4, 0.5) is 0 Å². The Labute approximate surface area is 159 Å². The molecular weight excluding hydrogens is 340 g/mol. The predicted octanol–water partition coefficient (Wildman–Crippen LogP) is 2.85. The standard InChI is InChI=1S/C22H24N2O3/c1-27-19-9-5-3-7-17(19)14-23-21(25)20-18-8-4-2-6-15(18)12-13-24(20)22(26)16-10-11-16/h2-9,16,20H,10-14H2,1H3,(H,23,25). The van der Waals surface area contributed by atoms with E-state index in [0.29, 0.717) is 13.1 Å². The fourth-order valence-corrected chi connectivity index (χ4v) is 3.78.